The van der Waals surface area contributed by atoms with Crippen LogP contribution in [0.2, 0.25) is 0 Å². The standard InChI is InChI=1S/C20H23BrN2O4S/c1-13-10-15-11-16(21)6-9-19(15)23(13)20(24)12-18(22-28(3,25)26)14-4-7-17(27-2)8-5-14/h4-9,11,13,18,22H,10,12H2,1-3H3. The van der Waals surface area contributed by atoms with Crippen LogP contribution in [0.25, 0.3) is 0 Å². The zero-order valence-electron chi connectivity index (χ0n) is 16.0. The third-order valence-electron chi connectivity index (χ3n) is 4.78. The molecular formula is C20H23BrN2O4S. The highest BCUT2D eigenvalue weighted by Gasteiger charge is 2.32. The second kappa shape index (κ2) is 8.23. The second-order valence-electron chi connectivity index (χ2n) is 7.01. The topological polar surface area (TPSA) is 75.7 Å². The van der Waals surface area contributed by atoms with Crippen molar-refractivity contribution in [2.45, 2.75) is 31.8 Å². The number of halogens is 1. The molecule has 3 rings (SSSR count). The maximum atomic E-state index is 13.2. The van der Waals surface area contributed by atoms with Crippen LogP contribution in [0.5, 0.6) is 5.75 Å². The highest BCUT2D eigenvalue weighted by Crippen LogP contribution is 2.35. The van der Waals surface area contributed by atoms with E-state index in [1.165, 1.54) is 0 Å². The lowest BCUT2D eigenvalue weighted by Crippen LogP contribution is -2.39. The van der Waals surface area contributed by atoms with Crippen molar-refractivity contribution < 1.29 is 17.9 Å². The van der Waals surface area contributed by atoms with E-state index in [2.05, 4.69) is 20.7 Å². The Hall–Kier alpha value is -1.90. The molecule has 0 fully saturated rings. The van der Waals surface area contributed by atoms with Crippen LogP contribution in [0.15, 0.2) is 46.9 Å². The van der Waals surface area contributed by atoms with Crippen LogP contribution in [-0.2, 0) is 21.2 Å². The Morgan fingerprint density at radius 1 is 1.29 bits per heavy atom. The first-order chi connectivity index (χ1) is 13.2. The van der Waals surface area contributed by atoms with Gasteiger partial charge in [0.2, 0.25) is 15.9 Å². The van der Waals surface area contributed by atoms with E-state index in [9.17, 15) is 13.2 Å². The molecule has 1 aliphatic rings. The molecule has 0 saturated heterocycles. The number of nitrogens with zero attached hydrogens (tertiary/aromatic N) is 1. The number of hydrogen-bond donors (Lipinski definition) is 1. The molecule has 0 bridgehead atoms. The van der Waals surface area contributed by atoms with Gasteiger partial charge in [0.25, 0.3) is 0 Å². The number of hydrogen-bond acceptors (Lipinski definition) is 4. The summed E-state index contributed by atoms with van der Waals surface area (Å²) in [6.07, 6.45) is 1.89. The van der Waals surface area contributed by atoms with Gasteiger partial charge in [0.15, 0.2) is 0 Å². The Balaban J connectivity index is 1.87. The van der Waals surface area contributed by atoms with Crippen molar-refractivity contribution in [3.8, 4) is 5.75 Å². The van der Waals surface area contributed by atoms with E-state index in [-0.39, 0.29) is 18.4 Å². The third kappa shape index (κ3) is 4.74. The maximum Gasteiger partial charge on any atom is 0.229 e. The van der Waals surface area contributed by atoms with Crippen LogP contribution in [0.4, 0.5) is 5.69 Å². The monoisotopic (exact) mass is 466 g/mol. The number of fused-ring (bicyclic) bond motifs is 1. The summed E-state index contributed by atoms with van der Waals surface area (Å²) in [6.45, 7) is 2.00. The van der Waals surface area contributed by atoms with E-state index < -0.39 is 16.1 Å². The molecule has 2 unspecified atom stereocenters. The second-order valence-corrected chi connectivity index (χ2v) is 9.71. The number of carbonyl (C=O) groups excluding carboxylic acids is 1. The average Bonchev–Trinajstić information content (AvgIpc) is 2.95. The zero-order chi connectivity index (χ0) is 20.5. The van der Waals surface area contributed by atoms with Crippen molar-refractivity contribution in [2.24, 2.45) is 0 Å². The molecule has 150 valence electrons. The van der Waals surface area contributed by atoms with Crippen molar-refractivity contribution in [3.05, 3.63) is 58.1 Å². The van der Waals surface area contributed by atoms with Gasteiger partial charge >= 0.3 is 0 Å². The van der Waals surface area contributed by atoms with E-state index in [1.807, 2.05) is 25.1 Å². The number of rotatable bonds is 6. The smallest absolute Gasteiger partial charge is 0.229 e. The molecule has 2 aromatic carbocycles. The fourth-order valence-corrected chi connectivity index (χ4v) is 4.72. The highest BCUT2D eigenvalue weighted by atomic mass is 79.9. The molecule has 0 radical (unpaired) electrons. The maximum absolute atomic E-state index is 13.2. The lowest BCUT2D eigenvalue weighted by molar-refractivity contribution is -0.119. The predicted octanol–water partition coefficient (Wildman–Crippen LogP) is 3.42. The van der Waals surface area contributed by atoms with Crippen LogP contribution in [0.1, 0.15) is 30.5 Å². The van der Waals surface area contributed by atoms with E-state index in [0.717, 1.165) is 28.4 Å². The Bertz CT molecular complexity index is 976. The van der Waals surface area contributed by atoms with Gasteiger partial charge in [-0.25, -0.2) is 13.1 Å². The SMILES string of the molecule is COc1ccc(C(CC(=O)N2c3ccc(Br)cc3CC2C)NS(C)(=O)=O)cc1. The van der Waals surface area contributed by atoms with Crippen molar-refractivity contribution in [1.82, 2.24) is 4.72 Å². The molecule has 1 N–H and O–H groups in total. The number of methoxy groups -OCH3 is 1. The van der Waals surface area contributed by atoms with Crippen molar-refractivity contribution in [3.63, 3.8) is 0 Å². The molecule has 1 amide bonds. The van der Waals surface area contributed by atoms with Crippen molar-refractivity contribution in [1.29, 1.82) is 0 Å². The number of benzene rings is 2. The van der Waals surface area contributed by atoms with Crippen molar-refractivity contribution >= 4 is 37.5 Å². The molecule has 0 aliphatic carbocycles. The number of amides is 1. The summed E-state index contributed by atoms with van der Waals surface area (Å²) in [5.74, 6) is 0.548. The molecular weight excluding hydrogens is 444 g/mol. The molecule has 8 heteroatoms. The molecule has 0 aromatic heterocycles. The quantitative estimate of drug-likeness (QED) is 0.707. The average molecular weight is 467 g/mol. The molecule has 1 heterocycles. The zero-order valence-corrected chi connectivity index (χ0v) is 18.4. The Morgan fingerprint density at radius 3 is 2.57 bits per heavy atom. The first-order valence-corrected chi connectivity index (χ1v) is 11.6. The summed E-state index contributed by atoms with van der Waals surface area (Å²) >= 11 is 3.47. The van der Waals surface area contributed by atoms with E-state index in [4.69, 9.17) is 4.74 Å². The largest absolute Gasteiger partial charge is 0.497 e. The summed E-state index contributed by atoms with van der Waals surface area (Å²) in [5.41, 5.74) is 2.70. The third-order valence-corrected chi connectivity index (χ3v) is 5.99. The predicted molar refractivity (Wildman–Crippen MR) is 113 cm³/mol. The lowest BCUT2D eigenvalue weighted by atomic mass is 10.0. The Kier molecular flexibility index (Phi) is 6.12. The van der Waals surface area contributed by atoms with Crippen LogP contribution in [0, 0.1) is 0 Å². The molecule has 28 heavy (non-hydrogen) atoms. The van der Waals surface area contributed by atoms with Crippen LogP contribution in [0.3, 0.4) is 0 Å². The van der Waals surface area contributed by atoms with Gasteiger partial charge in [-0.2, -0.15) is 0 Å². The number of anilines is 1. The van der Waals surface area contributed by atoms with Gasteiger partial charge in [-0.3, -0.25) is 4.79 Å². The molecule has 2 atom stereocenters. The van der Waals surface area contributed by atoms with Crippen LogP contribution < -0.4 is 14.4 Å². The van der Waals surface area contributed by atoms with E-state index in [0.29, 0.717) is 11.3 Å². The minimum Gasteiger partial charge on any atom is -0.497 e. The van der Waals surface area contributed by atoms with Crippen LogP contribution in [-0.4, -0.2) is 33.7 Å². The first-order valence-electron chi connectivity index (χ1n) is 8.89. The highest BCUT2D eigenvalue weighted by molar-refractivity contribution is 9.10. The first kappa shape index (κ1) is 20.8. The van der Waals surface area contributed by atoms with Gasteiger partial charge in [0, 0.05) is 22.6 Å². The van der Waals surface area contributed by atoms with Gasteiger partial charge in [0.05, 0.1) is 19.4 Å². The van der Waals surface area contributed by atoms with Gasteiger partial charge in [-0.15, -0.1) is 0 Å². The Morgan fingerprint density at radius 2 is 1.96 bits per heavy atom. The van der Waals surface area contributed by atoms with Gasteiger partial charge in [0.1, 0.15) is 5.75 Å². The summed E-state index contributed by atoms with van der Waals surface area (Å²) in [5, 5.41) is 0. The Labute approximate surface area is 174 Å². The van der Waals surface area contributed by atoms with Gasteiger partial charge in [-0.05, 0) is 54.8 Å². The molecule has 1 aliphatic heterocycles. The fourth-order valence-electron chi connectivity index (χ4n) is 3.57. The minimum atomic E-state index is -3.49. The summed E-state index contributed by atoms with van der Waals surface area (Å²) in [4.78, 5) is 14.9. The van der Waals surface area contributed by atoms with Gasteiger partial charge < -0.3 is 9.64 Å². The summed E-state index contributed by atoms with van der Waals surface area (Å²) in [6, 6.07) is 12.3. The molecule has 6 nitrogen and oxygen atoms in total. The summed E-state index contributed by atoms with van der Waals surface area (Å²) in [7, 11) is -1.93. The molecule has 0 saturated carbocycles. The molecule has 2 aromatic rings. The number of ether oxygens (including phenoxy) is 1. The number of carbonyl (C=O) groups is 1. The van der Waals surface area contributed by atoms with Crippen molar-refractivity contribution in [2.75, 3.05) is 18.3 Å². The fraction of sp³-hybridized carbons (Fsp3) is 0.350. The molecule has 0 spiro atoms. The van der Waals surface area contributed by atoms with Crippen LogP contribution >= 0.6 is 15.9 Å². The lowest BCUT2D eigenvalue weighted by Gasteiger charge is -2.26. The number of sulfonamides is 1. The van der Waals surface area contributed by atoms with E-state index >= 15 is 0 Å². The van der Waals surface area contributed by atoms with Gasteiger partial charge in [-0.1, -0.05) is 28.1 Å². The normalized spacial score (nSPS) is 17.3. The summed E-state index contributed by atoms with van der Waals surface area (Å²) < 4.78 is 32.5. The minimum absolute atomic E-state index is 0.0200. The number of nitrogens with one attached hydrogen (secondary N) is 1. The van der Waals surface area contributed by atoms with E-state index in [1.54, 1.807) is 36.3 Å².